The van der Waals surface area contributed by atoms with Crippen LogP contribution >= 0.6 is 0 Å². The molecule has 23 heavy (non-hydrogen) atoms. The zero-order valence-corrected chi connectivity index (χ0v) is 13.2. The van der Waals surface area contributed by atoms with Crippen LogP contribution in [-0.2, 0) is 4.79 Å². The summed E-state index contributed by atoms with van der Waals surface area (Å²) in [7, 11) is 0. The normalized spacial score (nSPS) is 12.3. The van der Waals surface area contributed by atoms with Crippen molar-refractivity contribution in [3.05, 3.63) is 48.0 Å². The minimum absolute atomic E-state index is 0.0639. The third kappa shape index (κ3) is 3.74. The van der Waals surface area contributed by atoms with Crippen LogP contribution in [0, 0.1) is 0 Å². The number of benzene rings is 2. The largest absolute Gasteiger partial charge is 0.484 e. The predicted octanol–water partition coefficient (Wildman–Crippen LogP) is 3.56. The highest BCUT2D eigenvalue weighted by Crippen LogP contribution is 2.35. The van der Waals surface area contributed by atoms with E-state index in [2.05, 4.69) is 19.2 Å². The van der Waals surface area contributed by atoms with Crippen LogP contribution in [-0.4, -0.2) is 19.3 Å². The van der Waals surface area contributed by atoms with Crippen molar-refractivity contribution in [3.8, 4) is 17.2 Å². The summed E-state index contributed by atoms with van der Waals surface area (Å²) >= 11 is 0. The number of hydrogen-bond donors (Lipinski definition) is 1. The Balaban J connectivity index is 1.53. The van der Waals surface area contributed by atoms with E-state index in [1.165, 1.54) is 5.56 Å². The molecule has 0 radical (unpaired) electrons. The lowest BCUT2D eigenvalue weighted by Gasteiger charge is -2.09. The fraction of sp³-hybridized carbons (Fsp3) is 0.278. The molecule has 1 heterocycles. The highest BCUT2D eigenvalue weighted by atomic mass is 16.7. The second-order valence-corrected chi connectivity index (χ2v) is 5.63. The second kappa shape index (κ2) is 6.60. The van der Waals surface area contributed by atoms with Gasteiger partial charge in [0.2, 0.25) is 6.79 Å². The number of amides is 1. The fourth-order valence-electron chi connectivity index (χ4n) is 2.26. The monoisotopic (exact) mass is 313 g/mol. The maximum Gasteiger partial charge on any atom is 0.262 e. The minimum Gasteiger partial charge on any atom is -0.484 e. The molecule has 0 atom stereocenters. The molecule has 2 aromatic carbocycles. The zero-order valence-electron chi connectivity index (χ0n) is 13.2. The Morgan fingerprint density at radius 2 is 1.87 bits per heavy atom. The van der Waals surface area contributed by atoms with Crippen LogP contribution in [0.5, 0.6) is 17.2 Å². The highest BCUT2D eigenvalue weighted by Gasteiger charge is 2.14. The molecule has 0 fully saturated rings. The lowest BCUT2D eigenvalue weighted by Crippen LogP contribution is -2.20. The molecule has 0 saturated carbocycles. The summed E-state index contributed by atoms with van der Waals surface area (Å²) in [6, 6.07) is 13.0. The van der Waals surface area contributed by atoms with E-state index in [9.17, 15) is 4.79 Å². The molecule has 5 nitrogen and oxygen atoms in total. The number of carbonyl (C=O) groups excluding carboxylic acids is 1. The van der Waals surface area contributed by atoms with Gasteiger partial charge in [-0.05, 0) is 35.7 Å². The summed E-state index contributed by atoms with van der Waals surface area (Å²) < 4.78 is 16.0. The molecule has 1 aliphatic heterocycles. The molecular formula is C18H19NO4. The van der Waals surface area contributed by atoms with E-state index in [1.807, 2.05) is 24.3 Å². The Kier molecular flexibility index (Phi) is 4.37. The van der Waals surface area contributed by atoms with Crippen molar-refractivity contribution in [1.29, 1.82) is 0 Å². The molecule has 120 valence electrons. The van der Waals surface area contributed by atoms with Crippen molar-refractivity contribution >= 4 is 11.6 Å². The maximum atomic E-state index is 11.9. The van der Waals surface area contributed by atoms with Gasteiger partial charge in [0, 0.05) is 11.8 Å². The fourth-order valence-corrected chi connectivity index (χ4v) is 2.26. The van der Waals surface area contributed by atoms with Crippen molar-refractivity contribution in [2.24, 2.45) is 0 Å². The number of rotatable bonds is 5. The third-order valence-corrected chi connectivity index (χ3v) is 3.58. The number of hydrogen-bond acceptors (Lipinski definition) is 4. The van der Waals surface area contributed by atoms with Gasteiger partial charge in [-0.1, -0.05) is 26.0 Å². The Hall–Kier alpha value is -2.69. The maximum absolute atomic E-state index is 11.9. The Bertz CT molecular complexity index is 695. The van der Waals surface area contributed by atoms with Crippen molar-refractivity contribution in [1.82, 2.24) is 0 Å². The number of anilines is 1. The van der Waals surface area contributed by atoms with Gasteiger partial charge in [0.05, 0.1) is 0 Å². The van der Waals surface area contributed by atoms with E-state index in [1.54, 1.807) is 18.2 Å². The second-order valence-electron chi connectivity index (χ2n) is 5.63. The van der Waals surface area contributed by atoms with E-state index < -0.39 is 0 Å². The van der Waals surface area contributed by atoms with Crippen molar-refractivity contribution < 1.29 is 19.0 Å². The van der Waals surface area contributed by atoms with Crippen LogP contribution < -0.4 is 19.5 Å². The summed E-state index contributed by atoms with van der Waals surface area (Å²) in [4.78, 5) is 11.9. The number of ether oxygens (including phenoxy) is 3. The van der Waals surface area contributed by atoms with Gasteiger partial charge in [-0.15, -0.1) is 0 Å². The van der Waals surface area contributed by atoms with Crippen LogP contribution in [0.4, 0.5) is 5.69 Å². The SMILES string of the molecule is CC(C)c1ccc(NC(=O)COc2ccc3c(c2)OCO3)cc1. The molecule has 0 spiro atoms. The first-order chi connectivity index (χ1) is 11.1. The van der Waals surface area contributed by atoms with E-state index in [0.29, 0.717) is 23.2 Å². The molecule has 5 heteroatoms. The van der Waals surface area contributed by atoms with Gasteiger partial charge in [0.1, 0.15) is 5.75 Å². The first kappa shape index (κ1) is 15.2. The first-order valence-electron chi connectivity index (χ1n) is 7.54. The van der Waals surface area contributed by atoms with Gasteiger partial charge < -0.3 is 19.5 Å². The van der Waals surface area contributed by atoms with Gasteiger partial charge in [0.25, 0.3) is 5.91 Å². The average molecular weight is 313 g/mol. The molecule has 0 aromatic heterocycles. The van der Waals surface area contributed by atoms with Crippen LogP contribution in [0.1, 0.15) is 25.3 Å². The summed E-state index contributed by atoms with van der Waals surface area (Å²) in [5.74, 6) is 2.15. The predicted molar refractivity (Wildman–Crippen MR) is 87.2 cm³/mol. The molecule has 0 unspecified atom stereocenters. The van der Waals surface area contributed by atoms with Gasteiger partial charge in [-0.3, -0.25) is 4.79 Å². The van der Waals surface area contributed by atoms with Crippen LogP contribution in [0.15, 0.2) is 42.5 Å². The number of nitrogens with one attached hydrogen (secondary N) is 1. The lowest BCUT2D eigenvalue weighted by molar-refractivity contribution is -0.118. The van der Waals surface area contributed by atoms with Crippen LogP contribution in [0.25, 0.3) is 0 Å². The third-order valence-electron chi connectivity index (χ3n) is 3.58. The topological polar surface area (TPSA) is 56.8 Å². The van der Waals surface area contributed by atoms with Crippen molar-refractivity contribution in [2.75, 3.05) is 18.7 Å². The lowest BCUT2D eigenvalue weighted by atomic mass is 10.0. The van der Waals surface area contributed by atoms with E-state index in [4.69, 9.17) is 14.2 Å². The summed E-state index contributed by atoms with van der Waals surface area (Å²) in [6.07, 6.45) is 0. The smallest absolute Gasteiger partial charge is 0.262 e. The van der Waals surface area contributed by atoms with E-state index in [-0.39, 0.29) is 19.3 Å². The quantitative estimate of drug-likeness (QED) is 0.917. The number of fused-ring (bicyclic) bond motifs is 1. The minimum atomic E-state index is -0.208. The van der Waals surface area contributed by atoms with Gasteiger partial charge in [0.15, 0.2) is 18.1 Å². The van der Waals surface area contributed by atoms with E-state index >= 15 is 0 Å². The van der Waals surface area contributed by atoms with Gasteiger partial charge >= 0.3 is 0 Å². The zero-order chi connectivity index (χ0) is 16.2. The molecule has 0 aliphatic carbocycles. The molecular weight excluding hydrogens is 294 g/mol. The molecule has 2 aromatic rings. The molecule has 0 saturated heterocycles. The van der Waals surface area contributed by atoms with Crippen LogP contribution in [0.3, 0.4) is 0 Å². The van der Waals surface area contributed by atoms with Crippen LogP contribution in [0.2, 0.25) is 0 Å². The van der Waals surface area contributed by atoms with Crippen molar-refractivity contribution in [3.63, 3.8) is 0 Å². The molecule has 1 aliphatic rings. The summed E-state index contributed by atoms with van der Waals surface area (Å²) in [5.41, 5.74) is 1.99. The first-order valence-corrected chi connectivity index (χ1v) is 7.54. The Morgan fingerprint density at radius 3 is 2.61 bits per heavy atom. The Labute approximate surface area is 135 Å². The number of carbonyl (C=O) groups is 1. The molecule has 1 N–H and O–H groups in total. The van der Waals surface area contributed by atoms with Gasteiger partial charge in [-0.25, -0.2) is 0 Å². The molecule has 1 amide bonds. The molecule has 0 bridgehead atoms. The summed E-state index contributed by atoms with van der Waals surface area (Å²) in [6.45, 7) is 4.41. The summed E-state index contributed by atoms with van der Waals surface area (Å²) in [5, 5.41) is 2.81. The van der Waals surface area contributed by atoms with E-state index in [0.717, 1.165) is 5.69 Å². The Morgan fingerprint density at radius 1 is 1.13 bits per heavy atom. The molecule has 3 rings (SSSR count). The highest BCUT2D eigenvalue weighted by molar-refractivity contribution is 5.91. The standard InChI is InChI=1S/C18H19NO4/c1-12(2)13-3-5-14(6-4-13)19-18(20)10-21-15-7-8-16-17(9-15)23-11-22-16/h3-9,12H,10-11H2,1-2H3,(H,19,20). The van der Waals surface area contributed by atoms with Gasteiger partial charge in [-0.2, -0.15) is 0 Å². The average Bonchev–Trinajstić information content (AvgIpc) is 3.01. The van der Waals surface area contributed by atoms with Crippen molar-refractivity contribution in [2.45, 2.75) is 19.8 Å².